The van der Waals surface area contributed by atoms with E-state index in [1.165, 1.54) is 0 Å². The van der Waals surface area contributed by atoms with E-state index < -0.39 is 0 Å². The Labute approximate surface area is 229 Å². The number of fused-ring (bicyclic) bond motifs is 1. The van der Waals surface area contributed by atoms with Crippen LogP contribution in [0.15, 0.2) is 84.9 Å². The van der Waals surface area contributed by atoms with E-state index in [2.05, 4.69) is 45.1 Å². The minimum absolute atomic E-state index is 0.0500. The van der Waals surface area contributed by atoms with Gasteiger partial charge in [0.15, 0.2) is 12.0 Å². The van der Waals surface area contributed by atoms with Crippen LogP contribution in [-0.2, 0) is 4.74 Å². The highest BCUT2D eigenvalue weighted by molar-refractivity contribution is 6.04. The SMILES string of the molecule is CN(C)C/C=C/CNc1ccc(C(=O)Nc2cccc(Nc3nn(C4CCCCO4)c4ccccc34)c2)cc1. The standard InChI is InChI=1S/C31H36N6O2/c1-36(2)20-7-6-19-32-24-17-15-23(16-18-24)31(38)34-26-11-9-10-25(22-26)33-30-27-12-3-4-13-28(27)37(35-30)29-14-5-8-21-39-29/h3-4,6-7,9-13,15-18,22,29,32H,5,8,14,19-21H2,1-2H3,(H,33,35)(H,34,38)/b7-6+. The van der Waals surface area contributed by atoms with Gasteiger partial charge in [-0.2, -0.15) is 5.10 Å². The first-order valence-electron chi connectivity index (χ1n) is 13.5. The Morgan fingerprint density at radius 1 is 1.00 bits per heavy atom. The number of anilines is 4. The molecule has 1 saturated heterocycles. The van der Waals surface area contributed by atoms with E-state index >= 15 is 0 Å². The third-order valence-electron chi connectivity index (χ3n) is 6.63. The Kier molecular flexibility index (Phi) is 8.55. The monoisotopic (exact) mass is 524 g/mol. The summed E-state index contributed by atoms with van der Waals surface area (Å²) < 4.78 is 7.99. The molecule has 2 heterocycles. The van der Waals surface area contributed by atoms with E-state index in [0.29, 0.717) is 11.3 Å². The summed E-state index contributed by atoms with van der Waals surface area (Å²) in [6.07, 6.45) is 7.35. The van der Waals surface area contributed by atoms with Gasteiger partial charge in [0.1, 0.15) is 0 Å². The molecule has 3 N–H and O–H groups in total. The number of hydrogen-bond donors (Lipinski definition) is 3. The first kappa shape index (κ1) is 26.5. The van der Waals surface area contributed by atoms with E-state index in [1.807, 2.05) is 79.4 Å². The predicted molar refractivity (Wildman–Crippen MR) is 159 cm³/mol. The lowest BCUT2D eigenvalue weighted by molar-refractivity contribution is -0.0365. The van der Waals surface area contributed by atoms with E-state index in [1.54, 1.807) is 0 Å². The van der Waals surface area contributed by atoms with Crippen molar-refractivity contribution in [1.29, 1.82) is 0 Å². The highest BCUT2D eigenvalue weighted by Crippen LogP contribution is 2.32. The zero-order valence-corrected chi connectivity index (χ0v) is 22.6. The van der Waals surface area contributed by atoms with Crippen molar-refractivity contribution in [1.82, 2.24) is 14.7 Å². The van der Waals surface area contributed by atoms with Gasteiger partial charge >= 0.3 is 0 Å². The summed E-state index contributed by atoms with van der Waals surface area (Å²) in [6, 6.07) is 23.4. The average Bonchev–Trinajstić information content (AvgIpc) is 3.32. The third-order valence-corrected chi connectivity index (χ3v) is 6.63. The maximum Gasteiger partial charge on any atom is 0.255 e. The zero-order valence-electron chi connectivity index (χ0n) is 22.6. The van der Waals surface area contributed by atoms with Crippen molar-refractivity contribution in [3.05, 3.63) is 90.5 Å². The molecule has 0 bridgehead atoms. The number of carbonyl (C=O) groups is 1. The Balaban J connectivity index is 1.23. The zero-order chi connectivity index (χ0) is 27.0. The third kappa shape index (κ3) is 6.85. The Hall–Kier alpha value is -4.14. The van der Waals surface area contributed by atoms with Gasteiger partial charge in [0.05, 0.1) is 5.52 Å². The van der Waals surface area contributed by atoms with Crippen LogP contribution >= 0.6 is 0 Å². The summed E-state index contributed by atoms with van der Waals surface area (Å²) in [4.78, 5) is 15.0. The molecule has 202 valence electrons. The van der Waals surface area contributed by atoms with E-state index in [-0.39, 0.29) is 12.1 Å². The number of benzene rings is 3. The molecule has 1 aliphatic rings. The molecule has 0 aliphatic carbocycles. The normalized spacial score (nSPS) is 15.6. The molecule has 5 rings (SSSR count). The topological polar surface area (TPSA) is 83.5 Å². The number of amides is 1. The highest BCUT2D eigenvalue weighted by Gasteiger charge is 2.21. The lowest BCUT2D eigenvalue weighted by Gasteiger charge is -2.23. The minimum atomic E-state index is -0.159. The fraction of sp³-hybridized carbons (Fsp3) is 0.290. The molecule has 1 unspecified atom stereocenters. The van der Waals surface area contributed by atoms with Crippen LogP contribution in [0.25, 0.3) is 10.9 Å². The minimum Gasteiger partial charge on any atom is -0.382 e. The second-order valence-electron chi connectivity index (χ2n) is 9.98. The summed E-state index contributed by atoms with van der Waals surface area (Å²) >= 11 is 0. The number of para-hydroxylation sites is 1. The highest BCUT2D eigenvalue weighted by atomic mass is 16.5. The summed E-state index contributed by atoms with van der Waals surface area (Å²) in [5.74, 6) is 0.608. The molecule has 1 aromatic heterocycles. The predicted octanol–water partition coefficient (Wildman–Crippen LogP) is 6.26. The van der Waals surface area contributed by atoms with Crippen LogP contribution in [0.4, 0.5) is 22.9 Å². The maximum absolute atomic E-state index is 12.9. The molecule has 0 saturated carbocycles. The fourth-order valence-electron chi connectivity index (χ4n) is 4.62. The van der Waals surface area contributed by atoms with Crippen LogP contribution in [-0.4, -0.2) is 54.4 Å². The van der Waals surface area contributed by atoms with Crippen LogP contribution in [0, 0.1) is 0 Å². The van der Waals surface area contributed by atoms with Crippen molar-refractivity contribution >= 4 is 39.7 Å². The number of carbonyl (C=O) groups excluding carboxylic acids is 1. The Morgan fingerprint density at radius 3 is 2.62 bits per heavy atom. The van der Waals surface area contributed by atoms with Crippen LogP contribution in [0.2, 0.25) is 0 Å². The number of hydrogen-bond acceptors (Lipinski definition) is 6. The van der Waals surface area contributed by atoms with E-state index in [4.69, 9.17) is 9.84 Å². The van der Waals surface area contributed by atoms with Crippen molar-refractivity contribution in [3.63, 3.8) is 0 Å². The second-order valence-corrected chi connectivity index (χ2v) is 9.98. The molecule has 3 aromatic carbocycles. The molecule has 39 heavy (non-hydrogen) atoms. The molecule has 1 amide bonds. The molecule has 8 heteroatoms. The van der Waals surface area contributed by atoms with Gasteiger partial charge in [-0.05, 0) is 88.0 Å². The number of nitrogens with zero attached hydrogens (tertiary/aromatic N) is 3. The smallest absolute Gasteiger partial charge is 0.255 e. The van der Waals surface area contributed by atoms with Crippen LogP contribution < -0.4 is 16.0 Å². The van der Waals surface area contributed by atoms with Crippen LogP contribution in [0.5, 0.6) is 0 Å². The lowest BCUT2D eigenvalue weighted by Crippen LogP contribution is -2.19. The van der Waals surface area contributed by atoms with Gasteiger partial charge in [-0.3, -0.25) is 4.79 Å². The summed E-state index contributed by atoms with van der Waals surface area (Å²) in [6.45, 7) is 2.41. The molecule has 1 atom stereocenters. The maximum atomic E-state index is 12.9. The first-order valence-corrected chi connectivity index (χ1v) is 13.5. The molecule has 8 nitrogen and oxygen atoms in total. The van der Waals surface area contributed by atoms with Gasteiger partial charge in [0.2, 0.25) is 0 Å². The van der Waals surface area contributed by atoms with Crippen molar-refractivity contribution in [2.45, 2.75) is 25.5 Å². The molecule has 1 aliphatic heterocycles. The van der Waals surface area contributed by atoms with Crippen molar-refractivity contribution < 1.29 is 9.53 Å². The van der Waals surface area contributed by atoms with Crippen LogP contribution in [0.3, 0.4) is 0 Å². The van der Waals surface area contributed by atoms with Crippen molar-refractivity contribution in [2.75, 3.05) is 49.7 Å². The van der Waals surface area contributed by atoms with Gasteiger partial charge in [-0.15, -0.1) is 0 Å². The van der Waals surface area contributed by atoms with Gasteiger partial charge in [0, 0.05) is 47.7 Å². The van der Waals surface area contributed by atoms with E-state index in [9.17, 15) is 4.79 Å². The molecule has 4 aromatic rings. The molecule has 1 fully saturated rings. The van der Waals surface area contributed by atoms with Gasteiger partial charge < -0.3 is 25.6 Å². The largest absolute Gasteiger partial charge is 0.382 e. The Bertz CT molecular complexity index is 1420. The molecule has 0 radical (unpaired) electrons. The summed E-state index contributed by atoms with van der Waals surface area (Å²) in [5, 5.41) is 15.7. The average molecular weight is 525 g/mol. The van der Waals surface area contributed by atoms with Crippen molar-refractivity contribution in [3.8, 4) is 0 Å². The Morgan fingerprint density at radius 2 is 1.82 bits per heavy atom. The second kappa shape index (κ2) is 12.6. The molecular formula is C31H36N6O2. The van der Waals surface area contributed by atoms with Gasteiger partial charge in [-0.25, -0.2) is 4.68 Å². The number of aromatic nitrogens is 2. The lowest BCUT2D eigenvalue weighted by atomic mass is 10.2. The number of nitrogens with one attached hydrogen (secondary N) is 3. The number of likely N-dealkylation sites (N-methyl/N-ethyl adjacent to an activating group) is 1. The van der Waals surface area contributed by atoms with Gasteiger partial charge in [0.25, 0.3) is 5.91 Å². The number of rotatable bonds is 10. The number of ether oxygens (including phenoxy) is 1. The quantitative estimate of drug-likeness (QED) is 0.212. The van der Waals surface area contributed by atoms with Crippen molar-refractivity contribution in [2.24, 2.45) is 0 Å². The summed E-state index contributed by atoms with van der Waals surface area (Å²) in [5.41, 5.74) is 4.16. The van der Waals surface area contributed by atoms with Gasteiger partial charge in [-0.1, -0.05) is 30.4 Å². The van der Waals surface area contributed by atoms with Crippen LogP contribution in [0.1, 0.15) is 35.8 Å². The fourth-order valence-corrected chi connectivity index (χ4v) is 4.62. The first-order chi connectivity index (χ1) is 19.1. The molecular weight excluding hydrogens is 488 g/mol. The van der Waals surface area contributed by atoms with E-state index in [0.717, 1.165) is 67.1 Å². The molecule has 0 spiro atoms. The summed E-state index contributed by atoms with van der Waals surface area (Å²) in [7, 11) is 4.08.